The number of hydrogen-bond donors (Lipinski definition) is 0. The largest absolute Gasteiger partial charge is 0.466 e. The molecular weight excluding hydrogens is 188 g/mol. The van der Waals surface area contributed by atoms with Crippen molar-refractivity contribution in [3.05, 3.63) is 10.5 Å². The second kappa shape index (κ2) is 5.80. The summed E-state index contributed by atoms with van der Waals surface area (Å²) in [6.07, 6.45) is 0.469. The molecule has 0 unspecified atom stereocenters. The van der Waals surface area contributed by atoms with E-state index in [9.17, 15) is 9.59 Å². The van der Waals surface area contributed by atoms with Crippen LogP contribution in [0, 0.1) is 0 Å². The third-order valence-corrected chi connectivity index (χ3v) is 2.70. The third kappa shape index (κ3) is 4.12. The zero-order chi connectivity index (χ0) is 10.4. The molecule has 74 valence electrons. The zero-order valence-corrected chi connectivity index (χ0v) is 9.16. The van der Waals surface area contributed by atoms with Crippen molar-refractivity contribution in [1.29, 1.82) is 0 Å². The van der Waals surface area contributed by atoms with Gasteiger partial charge >= 0.3 is 5.97 Å². The van der Waals surface area contributed by atoms with Gasteiger partial charge in [0.25, 0.3) is 0 Å². The molecule has 4 heteroatoms. The first-order valence-electron chi connectivity index (χ1n) is 3.99. The standard InChI is InChI=1S/C9H14O3S/c1-5-8(10)13-7(3)6(2)9(11)12-4/h5H2,1-4H3. The molecule has 0 aromatic heterocycles. The normalized spacial score (nSPS) is 12.0. The van der Waals surface area contributed by atoms with E-state index in [4.69, 9.17) is 0 Å². The van der Waals surface area contributed by atoms with Crippen LogP contribution in [0.4, 0.5) is 0 Å². The van der Waals surface area contributed by atoms with Gasteiger partial charge in [-0.25, -0.2) is 4.79 Å². The Balaban J connectivity index is 4.44. The van der Waals surface area contributed by atoms with E-state index in [2.05, 4.69) is 4.74 Å². The molecule has 0 aliphatic heterocycles. The van der Waals surface area contributed by atoms with E-state index in [0.29, 0.717) is 16.9 Å². The first-order valence-corrected chi connectivity index (χ1v) is 4.81. The van der Waals surface area contributed by atoms with Crippen LogP contribution in [0.5, 0.6) is 0 Å². The maximum atomic E-state index is 11.0. The van der Waals surface area contributed by atoms with Gasteiger partial charge in [-0.05, 0) is 18.8 Å². The topological polar surface area (TPSA) is 43.4 Å². The molecule has 0 saturated carbocycles. The highest BCUT2D eigenvalue weighted by atomic mass is 32.2. The maximum absolute atomic E-state index is 11.0. The fraction of sp³-hybridized carbons (Fsp3) is 0.556. The number of rotatable bonds is 3. The lowest BCUT2D eigenvalue weighted by Crippen LogP contribution is -2.03. The number of carbonyl (C=O) groups is 2. The van der Waals surface area contributed by atoms with Gasteiger partial charge in [0.1, 0.15) is 0 Å². The van der Waals surface area contributed by atoms with Crippen LogP contribution in [0.3, 0.4) is 0 Å². The van der Waals surface area contributed by atoms with Crippen molar-refractivity contribution in [2.45, 2.75) is 27.2 Å². The summed E-state index contributed by atoms with van der Waals surface area (Å²) in [6, 6.07) is 0. The van der Waals surface area contributed by atoms with E-state index in [1.54, 1.807) is 20.8 Å². The first-order chi connectivity index (χ1) is 6.02. The van der Waals surface area contributed by atoms with Gasteiger partial charge in [-0.2, -0.15) is 0 Å². The number of allylic oxidation sites excluding steroid dienone is 1. The van der Waals surface area contributed by atoms with Gasteiger partial charge in [-0.15, -0.1) is 0 Å². The van der Waals surface area contributed by atoms with Crippen LogP contribution in [0.2, 0.25) is 0 Å². The quantitative estimate of drug-likeness (QED) is 0.519. The number of hydrogen-bond acceptors (Lipinski definition) is 4. The molecular formula is C9H14O3S. The van der Waals surface area contributed by atoms with Crippen LogP contribution < -0.4 is 0 Å². The second-order valence-corrected chi connectivity index (χ2v) is 3.77. The Morgan fingerprint density at radius 1 is 1.31 bits per heavy atom. The molecule has 3 nitrogen and oxygen atoms in total. The van der Waals surface area contributed by atoms with Crippen molar-refractivity contribution >= 4 is 22.8 Å². The Hall–Kier alpha value is -0.770. The minimum atomic E-state index is -0.381. The molecule has 0 radical (unpaired) electrons. The molecule has 0 rings (SSSR count). The summed E-state index contributed by atoms with van der Waals surface area (Å²) in [5.41, 5.74) is 0.495. The molecule has 0 bridgehead atoms. The lowest BCUT2D eigenvalue weighted by atomic mass is 10.3. The Labute approximate surface area is 82.5 Å². The van der Waals surface area contributed by atoms with Crippen LogP contribution in [-0.2, 0) is 14.3 Å². The van der Waals surface area contributed by atoms with Crippen molar-refractivity contribution < 1.29 is 14.3 Å². The summed E-state index contributed by atoms with van der Waals surface area (Å²) in [6.45, 7) is 5.18. The van der Waals surface area contributed by atoms with Gasteiger partial charge in [-0.3, -0.25) is 4.79 Å². The first kappa shape index (κ1) is 12.2. The fourth-order valence-electron chi connectivity index (χ4n) is 0.616. The highest BCUT2D eigenvalue weighted by molar-refractivity contribution is 8.16. The Morgan fingerprint density at radius 3 is 2.23 bits per heavy atom. The highest BCUT2D eigenvalue weighted by Crippen LogP contribution is 2.21. The molecule has 0 atom stereocenters. The molecule has 0 aliphatic carbocycles. The summed E-state index contributed by atoms with van der Waals surface area (Å²) in [7, 11) is 1.32. The Morgan fingerprint density at radius 2 is 1.85 bits per heavy atom. The van der Waals surface area contributed by atoms with Crippen LogP contribution in [0.25, 0.3) is 0 Å². The van der Waals surface area contributed by atoms with E-state index in [1.165, 1.54) is 7.11 Å². The minimum absolute atomic E-state index is 0.0563. The van der Waals surface area contributed by atoms with E-state index < -0.39 is 0 Å². The van der Waals surface area contributed by atoms with Gasteiger partial charge < -0.3 is 4.74 Å². The number of methoxy groups -OCH3 is 1. The number of ether oxygens (including phenoxy) is 1. The smallest absolute Gasteiger partial charge is 0.334 e. The molecule has 0 aliphatic rings. The number of carbonyl (C=O) groups excluding carboxylic acids is 2. The molecule has 0 N–H and O–H groups in total. The molecule has 0 fully saturated rings. The lowest BCUT2D eigenvalue weighted by molar-refractivity contribution is -0.136. The highest BCUT2D eigenvalue weighted by Gasteiger charge is 2.10. The van der Waals surface area contributed by atoms with E-state index in [-0.39, 0.29) is 11.1 Å². The van der Waals surface area contributed by atoms with Crippen molar-refractivity contribution in [3.8, 4) is 0 Å². The molecule has 13 heavy (non-hydrogen) atoms. The van der Waals surface area contributed by atoms with Crippen LogP contribution in [-0.4, -0.2) is 18.2 Å². The lowest BCUT2D eigenvalue weighted by Gasteiger charge is -2.03. The molecule has 0 amide bonds. The van der Waals surface area contributed by atoms with Gasteiger partial charge in [0.2, 0.25) is 0 Å². The summed E-state index contributed by atoms with van der Waals surface area (Å²) in [5.74, 6) is -0.381. The van der Waals surface area contributed by atoms with Crippen molar-refractivity contribution in [1.82, 2.24) is 0 Å². The predicted molar refractivity (Wildman–Crippen MR) is 53.3 cm³/mol. The fourth-order valence-corrected chi connectivity index (χ4v) is 1.34. The van der Waals surface area contributed by atoms with E-state index in [1.807, 2.05) is 0 Å². The van der Waals surface area contributed by atoms with Crippen LogP contribution in [0.1, 0.15) is 27.2 Å². The summed E-state index contributed by atoms with van der Waals surface area (Å²) >= 11 is 1.09. The predicted octanol–water partition coefficient (Wildman–Crippen LogP) is 2.12. The number of esters is 1. The second-order valence-electron chi connectivity index (χ2n) is 2.50. The molecule has 0 heterocycles. The summed E-state index contributed by atoms with van der Waals surface area (Å²) in [4.78, 5) is 22.7. The van der Waals surface area contributed by atoms with Gasteiger partial charge in [0.15, 0.2) is 5.12 Å². The molecule has 0 aromatic carbocycles. The van der Waals surface area contributed by atoms with Crippen molar-refractivity contribution in [2.75, 3.05) is 7.11 Å². The van der Waals surface area contributed by atoms with Crippen LogP contribution >= 0.6 is 11.8 Å². The van der Waals surface area contributed by atoms with E-state index in [0.717, 1.165) is 11.8 Å². The average Bonchev–Trinajstić information content (AvgIpc) is 2.14. The zero-order valence-electron chi connectivity index (χ0n) is 8.34. The van der Waals surface area contributed by atoms with Gasteiger partial charge in [-0.1, -0.05) is 18.7 Å². The van der Waals surface area contributed by atoms with E-state index >= 15 is 0 Å². The van der Waals surface area contributed by atoms with Gasteiger partial charge in [0.05, 0.1) is 7.11 Å². The van der Waals surface area contributed by atoms with Crippen molar-refractivity contribution in [2.24, 2.45) is 0 Å². The maximum Gasteiger partial charge on any atom is 0.334 e. The Bertz CT molecular complexity index is 243. The summed E-state index contributed by atoms with van der Waals surface area (Å²) in [5, 5.41) is 0.0563. The molecule has 0 spiro atoms. The SMILES string of the molecule is CCC(=O)SC(C)=C(C)C(=O)OC. The third-order valence-electron chi connectivity index (χ3n) is 1.58. The van der Waals surface area contributed by atoms with Crippen LogP contribution in [0.15, 0.2) is 10.5 Å². The monoisotopic (exact) mass is 202 g/mol. The molecule has 0 saturated heterocycles. The average molecular weight is 202 g/mol. The minimum Gasteiger partial charge on any atom is -0.466 e. The Kier molecular flexibility index (Phi) is 5.46. The van der Waals surface area contributed by atoms with Crippen molar-refractivity contribution in [3.63, 3.8) is 0 Å². The molecule has 0 aromatic rings. The van der Waals surface area contributed by atoms with Gasteiger partial charge in [0, 0.05) is 12.0 Å². The number of thioether (sulfide) groups is 1. The summed E-state index contributed by atoms with van der Waals surface area (Å²) < 4.78 is 4.53.